The van der Waals surface area contributed by atoms with Crippen LogP contribution >= 0.6 is 0 Å². The predicted octanol–water partition coefficient (Wildman–Crippen LogP) is 2.11. The number of nitrogens with zero attached hydrogens (tertiary/aromatic N) is 1. The molecule has 2 unspecified atom stereocenters. The van der Waals surface area contributed by atoms with Gasteiger partial charge in [0.15, 0.2) is 0 Å². The normalized spacial score (nSPS) is 24.5. The molecule has 1 saturated heterocycles. The Balaban J connectivity index is 1.44. The number of hydrogen-bond donors (Lipinski definition) is 1. The topological polar surface area (TPSA) is 32.3 Å². The van der Waals surface area contributed by atoms with Gasteiger partial charge in [-0.15, -0.1) is 0 Å². The quantitative estimate of drug-likeness (QED) is 0.902. The summed E-state index contributed by atoms with van der Waals surface area (Å²) in [6.07, 6.45) is 3.87. The van der Waals surface area contributed by atoms with Crippen LogP contribution in [0.2, 0.25) is 0 Å². The minimum Gasteiger partial charge on any atom is -0.355 e. The van der Waals surface area contributed by atoms with E-state index in [0.717, 1.165) is 12.5 Å². The lowest BCUT2D eigenvalue weighted by Gasteiger charge is -2.25. The van der Waals surface area contributed by atoms with Crippen molar-refractivity contribution in [3.05, 3.63) is 35.4 Å². The standard InChI is InChI=1S/C16H20F2N2O/c17-14-2-1-3-15(18)13(14)6-7-19-16(21)10-20-9-11-4-5-12(20)8-11/h1-3,11-12H,4-10H2,(H,19,21). The number of likely N-dealkylation sites (tertiary alicyclic amines) is 1. The van der Waals surface area contributed by atoms with Crippen LogP contribution in [-0.4, -0.2) is 36.5 Å². The fourth-order valence-corrected chi connectivity index (χ4v) is 3.56. The van der Waals surface area contributed by atoms with E-state index in [1.807, 2.05) is 0 Å². The fraction of sp³-hybridized carbons (Fsp3) is 0.562. The maximum atomic E-state index is 13.4. The molecule has 2 fully saturated rings. The second-order valence-electron chi connectivity index (χ2n) is 6.06. The molecule has 0 spiro atoms. The Morgan fingerprint density at radius 2 is 2.05 bits per heavy atom. The van der Waals surface area contributed by atoms with Gasteiger partial charge in [0.1, 0.15) is 11.6 Å². The first-order valence-corrected chi connectivity index (χ1v) is 7.57. The third kappa shape index (κ3) is 3.23. The molecule has 3 rings (SSSR count). The minimum atomic E-state index is -0.555. The summed E-state index contributed by atoms with van der Waals surface area (Å²) >= 11 is 0. The number of carbonyl (C=O) groups is 1. The molecule has 1 aromatic rings. The number of amides is 1. The molecule has 1 aliphatic heterocycles. The lowest BCUT2D eigenvalue weighted by molar-refractivity contribution is -0.122. The third-order valence-electron chi connectivity index (χ3n) is 4.63. The zero-order valence-electron chi connectivity index (χ0n) is 11.9. The number of piperidine rings is 1. The lowest BCUT2D eigenvalue weighted by atomic mass is 10.1. The summed E-state index contributed by atoms with van der Waals surface area (Å²) in [4.78, 5) is 14.1. The van der Waals surface area contributed by atoms with E-state index in [9.17, 15) is 13.6 Å². The van der Waals surface area contributed by atoms with Gasteiger partial charge >= 0.3 is 0 Å². The van der Waals surface area contributed by atoms with Gasteiger partial charge in [0.05, 0.1) is 6.54 Å². The Labute approximate surface area is 123 Å². The molecule has 2 aliphatic rings. The van der Waals surface area contributed by atoms with Crippen LogP contribution in [-0.2, 0) is 11.2 Å². The molecule has 1 N–H and O–H groups in total. The van der Waals surface area contributed by atoms with E-state index in [1.54, 1.807) is 0 Å². The van der Waals surface area contributed by atoms with Crippen LogP contribution < -0.4 is 5.32 Å². The molecule has 2 atom stereocenters. The number of hydrogen-bond acceptors (Lipinski definition) is 2. The van der Waals surface area contributed by atoms with Gasteiger partial charge in [-0.3, -0.25) is 9.69 Å². The zero-order valence-corrected chi connectivity index (χ0v) is 11.9. The summed E-state index contributed by atoms with van der Waals surface area (Å²) in [6.45, 7) is 1.68. The fourth-order valence-electron chi connectivity index (χ4n) is 3.56. The van der Waals surface area contributed by atoms with Crippen molar-refractivity contribution in [3.8, 4) is 0 Å². The molecule has 0 radical (unpaired) electrons. The molecule has 1 saturated carbocycles. The van der Waals surface area contributed by atoms with Crippen molar-refractivity contribution in [2.45, 2.75) is 31.7 Å². The highest BCUT2D eigenvalue weighted by atomic mass is 19.1. The van der Waals surface area contributed by atoms with Crippen molar-refractivity contribution in [3.63, 3.8) is 0 Å². The van der Waals surface area contributed by atoms with Crippen molar-refractivity contribution < 1.29 is 13.6 Å². The van der Waals surface area contributed by atoms with E-state index in [-0.39, 0.29) is 24.4 Å². The van der Waals surface area contributed by atoms with Gasteiger partial charge in [0.25, 0.3) is 0 Å². The van der Waals surface area contributed by atoms with E-state index in [0.29, 0.717) is 12.6 Å². The number of benzene rings is 1. The van der Waals surface area contributed by atoms with Crippen LogP contribution in [0, 0.1) is 17.6 Å². The molecule has 1 aliphatic carbocycles. The van der Waals surface area contributed by atoms with Crippen LogP contribution in [0.3, 0.4) is 0 Å². The predicted molar refractivity (Wildman–Crippen MR) is 75.8 cm³/mol. The zero-order chi connectivity index (χ0) is 14.8. The molecule has 1 amide bonds. The van der Waals surface area contributed by atoms with E-state index in [4.69, 9.17) is 0 Å². The highest BCUT2D eigenvalue weighted by Crippen LogP contribution is 2.36. The molecule has 5 heteroatoms. The Morgan fingerprint density at radius 3 is 2.67 bits per heavy atom. The van der Waals surface area contributed by atoms with Gasteiger partial charge in [-0.2, -0.15) is 0 Å². The van der Waals surface area contributed by atoms with Gasteiger partial charge in [-0.1, -0.05) is 6.07 Å². The number of nitrogens with one attached hydrogen (secondary N) is 1. The summed E-state index contributed by atoms with van der Waals surface area (Å²) in [5.41, 5.74) is 0.0398. The van der Waals surface area contributed by atoms with E-state index in [2.05, 4.69) is 10.2 Å². The van der Waals surface area contributed by atoms with Gasteiger partial charge in [0, 0.05) is 24.7 Å². The average Bonchev–Trinajstić information content (AvgIpc) is 3.04. The molecular weight excluding hydrogens is 274 g/mol. The van der Waals surface area contributed by atoms with E-state index in [1.165, 1.54) is 37.5 Å². The third-order valence-corrected chi connectivity index (χ3v) is 4.63. The van der Waals surface area contributed by atoms with Crippen LogP contribution in [0.5, 0.6) is 0 Å². The lowest BCUT2D eigenvalue weighted by Crippen LogP contribution is -2.41. The summed E-state index contributed by atoms with van der Waals surface area (Å²) in [5, 5.41) is 2.76. The molecule has 3 nitrogen and oxygen atoms in total. The van der Waals surface area contributed by atoms with Crippen LogP contribution in [0.4, 0.5) is 8.78 Å². The summed E-state index contributed by atoms with van der Waals surface area (Å²) in [7, 11) is 0. The Morgan fingerprint density at radius 1 is 1.29 bits per heavy atom. The van der Waals surface area contributed by atoms with Gasteiger partial charge in [0.2, 0.25) is 5.91 Å². The van der Waals surface area contributed by atoms with E-state index < -0.39 is 11.6 Å². The number of carbonyl (C=O) groups excluding carboxylic acids is 1. The van der Waals surface area contributed by atoms with Gasteiger partial charge in [-0.05, 0) is 43.7 Å². The van der Waals surface area contributed by atoms with E-state index >= 15 is 0 Å². The molecular formula is C16H20F2N2O. The molecule has 1 heterocycles. The Bertz CT molecular complexity index is 515. The Kier molecular flexibility index (Phi) is 4.19. The summed E-state index contributed by atoms with van der Waals surface area (Å²) in [6, 6.07) is 4.38. The second kappa shape index (κ2) is 6.10. The van der Waals surface area contributed by atoms with Crippen molar-refractivity contribution >= 4 is 5.91 Å². The summed E-state index contributed by atoms with van der Waals surface area (Å²) in [5.74, 6) is -0.406. The molecule has 1 aromatic carbocycles. The second-order valence-corrected chi connectivity index (χ2v) is 6.06. The first-order valence-electron chi connectivity index (χ1n) is 7.57. The highest BCUT2D eigenvalue weighted by molar-refractivity contribution is 5.78. The average molecular weight is 294 g/mol. The first kappa shape index (κ1) is 14.4. The number of rotatable bonds is 5. The molecule has 2 bridgehead atoms. The van der Waals surface area contributed by atoms with Crippen molar-refractivity contribution in [1.29, 1.82) is 0 Å². The summed E-state index contributed by atoms with van der Waals surface area (Å²) < 4.78 is 26.9. The molecule has 21 heavy (non-hydrogen) atoms. The maximum absolute atomic E-state index is 13.4. The van der Waals surface area contributed by atoms with Gasteiger partial charge < -0.3 is 5.32 Å². The number of halogens is 2. The minimum absolute atomic E-state index is 0.0398. The molecule has 114 valence electrons. The Hall–Kier alpha value is -1.49. The van der Waals surface area contributed by atoms with Crippen LogP contribution in [0.1, 0.15) is 24.8 Å². The van der Waals surface area contributed by atoms with Gasteiger partial charge in [-0.25, -0.2) is 8.78 Å². The smallest absolute Gasteiger partial charge is 0.234 e. The maximum Gasteiger partial charge on any atom is 0.234 e. The van der Waals surface area contributed by atoms with Crippen molar-refractivity contribution in [2.75, 3.05) is 19.6 Å². The van der Waals surface area contributed by atoms with Crippen molar-refractivity contribution in [1.82, 2.24) is 10.2 Å². The van der Waals surface area contributed by atoms with Crippen molar-refractivity contribution in [2.24, 2.45) is 5.92 Å². The van der Waals surface area contributed by atoms with Crippen LogP contribution in [0.15, 0.2) is 18.2 Å². The largest absolute Gasteiger partial charge is 0.355 e. The number of fused-ring (bicyclic) bond motifs is 2. The van der Waals surface area contributed by atoms with Crippen LogP contribution in [0.25, 0.3) is 0 Å². The highest BCUT2D eigenvalue weighted by Gasteiger charge is 2.38. The molecule has 0 aromatic heterocycles. The first-order chi connectivity index (χ1) is 10.1. The monoisotopic (exact) mass is 294 g/mol. The SMILES string of the molecule is O=C(CN1CC2CCC1C2)NCCc1c(F)cccc1F.